The lowest BCUT2D eigenvalue weighted by molar-refractivity contribution is 0.398. The highest BCUT2D eigenvalue weighted by Crippen LogP contribution is 2.29. The molecule has 1 rings (SSSR count). The van der Waals surface area contributed by atoms with Crippen LogP contribution in [-0.4, -0.2) is 36.1 Å². The number of thiocarbonyl (C=S) groups is 1. The molecule has 1 aliphatic carbocycles. The van der Waals surface area contributed by atoms with Crippen molar-refractivity contribution in [2.45, 2.75) is 38.6 Å². The van der Waals surface area contributed by atoms with Gasteiger partial charge in [0.05, 0.1) is 4.99 Å². The van der Waals surface area contributed by atoms with E-state index in [0.29, 0.717) is 6.54 Å². The van der Waals surface area contributed by atoms with Gasteiger partial charge in [0.2, 0.25) is 10.0 Å². The van der Waals surface area contributed by atoms with Crippen LogP contribution in [0.1, 0.15) is 32.6 Å². The van der Waals surface area contributed by atoms with Crippen molar-refractivity contribution in [1.82, 2.24) is 4.31 Å². The van der Waals surface area contributed by atoms with Crippen LogP contribution in [0.25, 0.3) is 0 Å². The van der Waals surface area contributed by atoms with Crippen molar-refractivity contribution in [3.8, 4) is 0 Å². The van der Waals surface area contributed by atoms with E-state index in [4.69, 9.17) is 5.73 Å². The second kappa shape index (κ2) is 5.23. The van der Waals surface area contributed by atoms with Gasteiger partial charge in [-0.15, -0.1) is 0 Å². The van der Waals surface area contributed by atoms with Crippen molar-refractivity contribution >= 4 is 27.2 Å². The normalized spacial score (nSPS) is 16.9. The molecule has 1 aliphatic rings. The van der Waals surface area contributed by atoms with Gasteiger partial charge in [0, 0.05) is 12.6 Å². The summed E-state index contributed by atoms with van der Waals surface area (Å²) in [5, 5.41) is 0. The van der Waals surface area contributed by atoms with E-state index in [-0.39, 0.29) is 16.8 Å². The molecule has 15 heavy (non-hydrogen) atoms. The van der Waals surface area contributed by atoms with E-state index in [1.165, 1.54) is 0 Å². The zero-order valence-corrected chi connectivity index (χ0v) is 10.6. The number of hydrogen-bond donors (Lipinski definition) is 1. The number of sulfonamides is 1. The Kier molecular flexibility index (Phi) is 4.48. The van der Waals surface area contributed by atoms with E-state index in [1.807, 2.05) is 6.92 Å². The van der Waals surface area contributed by atoms with Crippen molar-refractivity contribution in [3.63, 3.8) is 0 Å². The molecule has 0 aromatic heterocycles. The third-order valence-electron chi connectivity index (χ3n) is 2.37. The Morgan fingerprint density at radius 2 is 2.13 bits per heavy atom. The van der Waals surface area contributed by atoms with Gasteiger partial charge in [-0.1, -0.05) is 25.6 Å². The topological polar surface area (TPSA) is 63.4 Å². The predicted molar refractivity (Wildman–Crippen MR) is 65.2 cm³/mol. The second-order valence-corrected chi connectivity index (χ2v) is 6.36. The van der Waals surface area contributed by atoms with Gasteiger partial charge in [-0.3, -0.25) is 0 Å². The van der Waals surface area contributed by atoms with Crippen LogP contribution in [0.15, 0.2) is 0 Å². The van der Waals surface area contributed by atoms with Gasteiger partial charge in [0.1, 0.15) is 5.75 Å². The van der Waals surface area contributed by atoms with Crippen LogP contribution < -0.4 is 5.73 Å². The highest BCUT2D eigenvalue weighted by Gasteiger charge is 2.36. The maximum atomic E-state index is 11.9. The zero-order chi connectivity index (χ0) is 11.5. The molecule has 0 aliphatic heterocycles. The first kappa shape index (κ1) is 12.9. The van der Waals surface area contributed by atoms with Gasteiger partial charge in [-0.05, 0) is 19.3 Å². The monoisotopic (exact) mass is 250 g/mol. The van der Waals surface area contributed by atoms with Crippen LogP contribution in [-0.2, 0) is 10.0 Å². The van der Waals surface area contributed by atoms with E-state index in [9.17, 15) is 8.42 Å². The molecule has 0 spiro atoms. The number of nitrogens with zero attached hydrogens (tertiary/aromatic N) is 1. The highest BCUT2D eigenvalue weighted by molar-refractivity contribution is 7.92. The lowest BCUT2D eigenvalue weighted by atomic mass is 10.3. The minimum absolute atomic E-state index is 0.0529. The molecule has 4 nitrogen and oxygen atoms in total. The van der Waals surface area contributed by atoms with Crippen molar-refractivity contribution in [3.05, 3.63) is 0 Å². The van der Waals surface area contributed by atoms with Gasteiger partial charge < -0.3 is 5.73 Å². The SMILES string of the molecule is CCCCN(C1CC1)S(=O)(=O)CC(N)=S. The molecule has 6 heteroatoms. The third kappa shape index (κ3) is 4.04. The average Bonchev–Trinajstić information content (AvgIpc) is 2.85. The van der Waals surface area contributed by atoms with Crippen molar-refractivity contribution in [2.75, 3.05) is 12.3 Å². The average molecular weight is 250 g/mol. The summed E-state index contributed by atoms with van der Waals surface area (Å²) < 4.78 is 25.4. The van der Waals surface area contributed by atoms with Crippen LogP contribution in [0.3, 0.4) is 0 Å². The largest absolute Gasteiger partial charge is 0.392 e. The van der Waals surface area contributed by atoms with Gasteiger partial charge in [-0.25, -0.2) is 8.42 Å². The fourth-order valence-corrected chi connectivity index (χ4v) is 3.53. The summed E-state index contributed by atoms with van der Waals surface area (Å²) in [7, 11) is -3.26. The fraction of sp³-hybridized carbons (Fsp3) is 0.889. The Balaban J connectivity index is 2.65. The molecule has 0 atom stereocenters. The number of rotatable bonds is 7. The molecule has 0 aromatic carbocycles. The second-order valence-electron chi connectivity index (χ2n) is 3.92. The summed E-state index contributed by atoms with van der Waals surface area (Å²) in [6.45, 7) is 2.65. The van der Waals surface area contributed by atoms with Gasteiger partial charge in [0.15, 0.2) is 0 Å². The van der Waals surface area contributed by atoms with E-state index < -0.39 is 10.0 Å². The molecular formula is C9H18N2O2S2. The van der Waals surface area contributed by atoms with Gasteiger partial charge in [-0.2, -0.15) is 4.31 Å². The van der Waals surface area contributed by atoms with Crippen molar-refractivity contribution < 1.29 is 8.42 Å². The quantitative estimate of drug-likeness (QED) is 0.681. The summed E-state index contributed by atoms with van der Waals surface area (Å²) in [6, 6.07) is 0.205. The predicted octanol–water partition coefficient (Wildman–Crippen LogP) is 0.867. The molecule has 0 saturated heterocycles. The summed E-state index contributed by atoms with van der Waals surface area (Å²) in [6.07, 6.45) is 3.83. The van der Waals surface area contributed by atoms with Crippen LogP contribution in [0.2, 0.25) is 0 Å². The standard InChI is InChI=1S/C9H18N2O2S2/c1-2-3-6-11(8-4-5-8)15(12,13)7-9(10)14/h8H,2-7H2,1H3,(H2,10,14). The summed E-state index contributed by atoms with van der Waals surface area (Å²) >= 11 is 4.65. The Morgan fingerprint density at radius 1 is 1.53 bits per heavy atom. The van der Waals surface area contributed by atoms with Crippen LogP contribution >= 0.6 is 12.2 Å². The fourth-order valence-electron chi connectivity index (χ4n) is 1.49. The maximum Gasteiger partial charge on any atom is 0.220 e. The Hall–Kier alpha value is -0.200. The van der Waals surface area contributed by atoms with E-state index in [2.05, 4.69) is 12.2 Å². The number of nitrogens with two attached hydrogens (primary N) is 1. The summed E-state index contributed by atoms with van der Waals surface area (Å²) in [5.74, 6) is -0.192. The lowest BCUT2D eigenvalue weighted by Crippen LogP contribution is -2.39. The van der Waals surface area contributed by atoms with Crippen molar-refractivity contribution in [2.24, 2.45) is 5.73 Å². The zero-order valence-electron chi connectivity index (χ0n) is 8.98. The van der Waals surface area contributed by atoms with Crippen LogP contribution in [0.5, 0.6) is 0 Å². The summed E-state index contributed by atoms with van der Waals surface area (Å²) in [5.41, 5.74) is 5.29. The molecule has 1 saturated carbocycles. The van der Waals surface area contributed by atoms with Gasteiger partial charge in [0.25, 0.3) is 0 Å². The number of hydrogen-bond acceptors (Lipinski definition) is 3. The Bertz CT molecular complexity index is 323. The molecular weight excluding hydrogens is 232 g/mol. The van der Waals surface area contributed by atoms with Crippen LogP contribution in [0.4, 0.5) is 0 Å². The molecule has 0 bridgehead atoms. The first-order chi connectivity index (χ1) is 6.97. The van der Waals surface area contributed by atoms with Crippen LogP contribution in [0, 0.1) is 0 Å². The molecule has 1 fully saturated rings. The first-order valence-corrected chi connectivity index (χ1v) is 7.27. The van der Waals surface area contributed by atoms with E-state index in [0.717, 1.165) is 25.7 Å². The number of unbranched alkanes of at least 4 members (excludes halogenated alkanes) is 1. The smallest absolute Gasteiger partial charge is 0.220 e. The molecule has 0 heterocycles. The molecule has 88 valence electrons. The molecule has 0 amide bonds. The minimum atomic E-state index is -3.26. The van der Waals surface area contributed by atoms with Gasteiger partial charge >= 0.3 is 0 Å². The first-order valence-electron chi connectivity index (χ1n) is 5.25. The molecule has 0 aromatic rings. The maximum absolute atomic E-state index is 11.9. The molecule has 0 radical (unpaired) electrons. The van der Waals surface area contributed by atoms with Crippen molar-refractivity contribution in [1.29, 1.82) is 0 Å². The Labute approximate surface area is 96.9 Å². The summed E-state index contributed by atoms with van der Waals surface area (Å²) in [4.78, 5) is 0.0529. The highest BCUT2D eigenvalue weighted by atomic mass is 32.2. The Morgan fingerprint density at radius 3 is 2.53 bits per heavy atom. The minimum Gasteiger partial charge on any atom is -0.392 e. The molecule has 2 N–H and O–H groups in total. The van der Waals surface area contributed by atoms with E-state index in [1.54, 1.807) is 4.31 Å². The lowest BCUT2D eigenvalue weighted by Gasteiger charge is -2.21. The third-order valence-corrected chi connectivity index (χ3v) is 4.57. The van der Waals surface area contributed by atoms with E-state index >= 15 is 0 Å². The molecule has 0 unspecified atom stereocenters.